The summed E-state index contributed by atoms with van der Waals surface area (Å²) in [5, 5.41) is 14.2. The highest BCUT2D eigenvalue weighted by atomic mass is 16.3. The standard InChI is InChI=1S/C13H19NO/c15-13(6-2-1-3-7-13)10-8-11-4-5-12(9-10)14-11/h1-3,6,10-12,14-15H,4-5,7-9H2. The average molecular weight is 205 g/mol. The Kier molecular flexibility index (Phi) is 2.22. The van der Waals surface area contributed by atoms with Crippen molar-refractivity contribution in [1.29, 1.82) is 0 Å². The maximum absolute atomic E-state index is 10.6. The van der Waals surface area contributed by atoms with Crippen LogP contribution < -0.4 is 5.32 Å². The number of allylic oxidation sites excluding steroid dienone is 2. The number of hydrogen-bond donors (Lipinski definition) is 2. The van der Waals surface area contributed by atoms with Gasteiger partial charge in [-0.1, -0.05) is 24.3 Å². The molecule has 0 spiro atoms. The number of fused-ring (bicyclic) bond motifs is 2. The van der Waals surface area contributed by atoms with E-state index in [0.29, 0.717) is 18.0 Å². The molecule has 0 aromatic rings. The Labute approximate surface area is 91.1 Å². The van der Waals surface area contributed by atoms with Gasteiger partial charge in [0.15, 0.2) is 0 Å². The largest absolute Gasteiger partial charge is 0.385 e. The topological polar surface area (TPSA) is 32.3 Å². The van der Waals surface area contributed by atoms with Crippen LogP contribution in [0.25, 0.3) is 0 Å². The first-order chi connectivity index (χ1) is 7.26. The summed E-state index contributed by atoms with van der Waals surface area (Å²) in [6, 6.07) is 1.33. The van der Waals surface area contributed by atoms with Gasteiger partial charge in [0.25, 0.3) is 0 Å². The molecule has 2 fully saturated rings. The Hall–Kier alpha value is -0.600. The third-order valence-electron chi connectivity index (χ3n) is 4.26. The molecule has 2 saturated heterocycles. The second kappa shape index (κ2) is 3.46. The lowest BCUT2D eigenvalue weighted by molar-refractivity contribution is 0.00671. The molecule has 0 aromatic heterocycles. The van der Waals surface area contributed by atoms with Crippen molar-refractivity contribution in [2.45, 2.75) is 49.8 Å². The highest BCUT2D eigenvalue weighted by Crippen LogP contribution is 2.40. The number of hydrogen-bond acceptors (Lipinski definition) is 2. The quantitative estimate of drug-likeness (QED) is 0.683. The Morgan fingerprint density at radius 2 is 1.87 bits per heavy atom. The minimum absolute atomic E-state index is 0.456. The fourth-order valence-corrected chi connectivity index (χ4v) is 3.39. The van der Waals surface area contributed by atoms with E-state index in [-0.39, 0.29) is 0 Å². The lowest BCUT2D eigenvalue weighted by Gasteiger charge is -2.39. The molecule has 0 radical (unpaired) electrons. The molecular formula is C13H19NO. The van der Waals surface area contributed by atoms with Gasteiger partial charge in [-0.15, -0.1) is 0 Å². The zero-order valence-corrected chi connectivity index (χ0v) is 9.02. The van der Waals surface area contributed by atoms with Gasteiger partial charge in [-0.05, 0) is 38.0 Å². The summed E-state index contributed by atoms with van der Waals surface area (Å²) in [6.07, 6.45) is 13.8. The van der Waals surface area contributed by atoms with Crippen molar-refractivity contribution in [3.05, 3.63) is 24.3 Å². The van der Waals surface area contributed by atoms with Crippen molar-refractivity contribution in [1.82, 2.24) is 5.32 Å². The molecule has 0 saturated carbocycles. The average Bonchev–Trinajstić information content (AvgIpc) is 2.59. The zero-order valence-electron chi connectivity index (χ0n) is 9.02. The Bertz CT molecular complexity index is 298. The summed E-state index contributed by atoms with van der Waals surface area (Å²) in [5.74, 6) is 0.456. The SMILES string of the molecule is OC1(C2CC3CCC(C2)N3)C=CC=CC1. The van der Waals surface area contributed by atoms with Crippen molar-refractivity contribution in [3.63, 3.8) is 0 Å². The van der Waals surface area contributed by atoms with Crippen LogP contribution in [0.4, 0.5) is 0 Å². The summed E-state index contributed by atoms with van der Waals surface area (Å²) < 4.78 is 0. The van der Waals surface area contributed by atoms with E-state index in [2.05, 4.69) is 11.4 Å². The molecule has 2 N–H and O–H groups in total. The second-order valence-corrected chi connectivity index (χ2v) is 5.29. The molecule has 3 unspecified atom stereocenters. The van der Waals surface area contributed by atoms with Crippen molar-refractivity contribution < 1.29 is 5.11 Å². The van der Waals surface area contributed by atoms with Gasteiger partial charge in [-0.25, -0.2) is 0 Å². The predicted octanol–water partition coefficient (Wildman–Crippen LogP) is 1.76. The molecule has 1 aliphatic carbocycles. The summed E-state index contributed by atoms with van der Waals surface area (Å²) in [4.78, 5) is 0. The summed E-state index contributed by atoms with van der Waals surface area (Å²) in [7, 11) is 0. The molecule has 15 heavy (non-hydrogen) atoms. The van der Waals surface area contributed by atoms with Crippen LogP contribution in [-0.4, -0.2) is 22.8 Å². The maximum atomic E-state index is 10.6. The third kappa shape index (κ3) is 1.66. The Morgan fingerprint density at radius 1 is 1.13 bits per heavy atom. The van der Waals surface area contributed by atoms with Crippen LogP contribution in [0.2, 0.25) is 0 Å². The molecule has 3 atom stereocenters. The zero-order chi connectivity index (χ0) is 10.3. The van der Waals surface area contributed by atoms with Gasteiger partial charge in [-0.3, -0.25) is 0 Å². The third-order valence-corrected chi connectivity index (χ3v) is 4.26. The minimum atomic E-state index is -0.558. The first-order valence-corrected chi connectivity index (χ1v) is 6.09. The van der Waals surface area contributed by atoms with E-state index in [4.69, 9.17) is 0 Å². The van der Waals surface area contributed by atoms with E-state index in [0.717, 1.165) is 19.3 Å². The van der Waals surface area contributed by atoms with Crippen molar-refractivity contribution >= 4 is 0 Å². The number of piperidine rings is 1. The van der Waals surface area contributed by atoms with Crippen LogP contribution in [0.15, 0.2) is 24.3 Å². The molecule has 2 nitrogen and oxygen atoms in total. The van der Waals surface area contributed by atoms with Gasteiger partial charge in [0.2, 0.25) is 0 Å². The van der Waals surface area contributed by atoms with Crippen LogP contribution in [0.3, 0.4) is 0 Å². The molecule has 82 valence electrons. The second-order valence-electron chi connectivity index (χ2n) is 5.29. The van der Waals surface area contributed by atoms with E-state index in [9.17, 15) is 5.11 Å². The molecule has 2 aliphatic heterocycles. The summed E-state index contributed by atoms with van der Waals surface area (Å²) in [5.41, 5.74) is -0.558. The fraction of sp³-hybridized carbons (Fsp3) is 0.692. The van der Waals surface area contributed by atoms with E-state index in [1.807, 2.05) is 18.2 Å². The van der Waals surface area contributed by atoms with E-state index >= 15 is 0 Å². The van der Waals surface area contributed by atoms with Gasteiger partial charge in [0, 0.05) is 12.1 Å². The van der Waals surface area contributed by atoms with Crippen LogP contribution in [0.1, 0.15) is 32.1 Å². The number of aliphatic hydroxyl groups is 1. The van der Waals surface area contributed by atoms with Gasteiger partial charge in [-0.2, -0.15) is 0 Å². The van der Waals surface area contributed by atoms with E-state index in [1.165, 1.54) is 12.8 Å². The first kappa shape index (κ1) is 9.61. The van der Waals surface area contributed by atoms with E-state index in [1.54, 1.807) is 0 Å². The highest BCUT2D eigenvalue weighted by Gasteiger charge is 2.42. The van der Waals surface area contributed by atoms with Crippen molar-refractivity contribution in [3.8, 4) is 0 Å². The fourth-order valence-electron chi connectivity index (χ4n) is 3.39. The summed E-state index contributed by atoms with van der Waals surface area (Å²) >= 11 is 0. The number of rotatable bonds is 1. The normalized spacial score (nSPS) is 48.5. The van der Waals surface area contributed by atoms with Gasteiger partial charge >= 0.3 is 0 Å². The lowest BCUT2D eigenvalue weighted by atomic mass is 9.75. The van der Waals surface area contributed by atoms with E-state index < -0.39 is 5.60 Å². The predicted molar refractivity (Wildman–Crippen MR) is 60.5 cm³/mol. The van der Waals surface area contributed by atoms with Crippen LogP contribution in [0, 0.1) is 5.92 Å². The molecular weight excluding hydrogens is 186 g/mol. The monoisotopic (exact) mass is 205 g/mol. The van der Waals surface area contributed by atoms with Crippen LogP contribution in [-0.2, 0) is 0 Å². The van der Waals surface area contributed by atoms with Crippen LogP contribution in [0.5, 0.6) is 0 Å². The highest BCUT2D eigenvalue weighted by molar-refractivity contribution is 5.20. The van der Waals surface area contributed by atoms with Crippen molar-refractivity contribution in [2.24, 2.45) is 5.92 Å². The smallest absolute Gasteiger partial charge is 0.0894 e. The minimum Gasteiger partial charge on any atom is -0.385 e. The molecule has 3 rings (SSSR count). The number of nitrogens with one attached hydrogen (secondary N) is 1. The Morgan fingerprint density at radius 3 is 2.47 bits per heavy atom. The van der Waals surface area contributed by atoms with Crippen LogP contribution >= 0.6 is 0 Å². The van der Waals surface area contributed by atoms with Gasteiger partial charge in [0.1, 0.15) is 0 Å². The molecule has 2 heteroatoms. The Balaban J connectivity index is 1.77. The van der Waals surface area contributed by atoms with Crippen molar-refractivity contribution in [2.75, 3.05) is 0 Å². The molecule has 0 amide bonds. The maximum Gasteiger partial charge on any atom is 0.0894 e. The molecule has 2 heterocycles. The molecule has 0 aromatic carbocycles. The first-order valence-electron chi connectivity index (χ1n) is 6.09. The molecule has 2 bridgehead atoms. The lowest BCUT2D eigenvalue weighted by Crippen LogP contribution is -2.47. The summed E-state index contributed by atoms with van der Waals surface area (Å²) in [6.45, 7) is 0. The van der Waals surface area contributed by atoms with Gasteiger partial charge < -0.3 is 10.4 Å². The molecule has 3 aliphatic rings. The van der Waals surface area contributed by atoms with Gasteiger partial charge in [0.05, 0.1) is 5.60 Å².